The van der Waals surface area contributed by atoms with E-state index in [2.05, 4.69) is 0 Å². The maximum Gasteiger partial charge on any atom is 0.294 e. The first-order valence-corrected chi connectivity index (χ1v) is 10.2. The van der Waals surface area contributed by atoms with Gasteiger partial charge in [-0.3, -0.25) is 14.5 Å². The second kappa shape index (κ2) is 7.85. The highest BCUT2D eigenvalue weighted by Crippen LogP contribution is 2.44. The summed E-state index contributed by atoms with van der Waals surface area (Å²) in [5, 5.41) is 22.3. The fourth-order valence-corrected chi connectivity index (χ4v) is 4.28. The molecule has 1 aliphatic rings. The van der Waals surface area contributed by atoms with Crippen molar-refractivity contribution >= 4 is 40.3 Å². The van der Waals surface area contributed by atoms with Gasteiger partial charge in [0, 0.05) is 11.8 Å². The summed E-state index contributed by atoms with van der Waals surface area (Å²) in [5.74, 6) is -1.39. The Kier molecular flexibility index (Phi) is 5.24. The van der Waals surface area contributed by atoms with Crippen LogP contribution in [0.25, 0.3) is 0 Å². The summed E-state index contributed by atoms with van der Waals surface area (Å²) in [4.78, 5) is 28.0. The monoisotopic (exact) mass is 441 g/mol. The van der Waals surface area contributed by atoms with Gasteiger partial charge in [0.15, 0.2) is 5.76 Å². The van der Waals surface area contributed by atoms with E-state index in [0.29, 0.717) is 21.9 Å². The lowest BCUT2D eigenvalue weighted by molar-refractivity contribution is -0.117. The summed E-state index contributed by atoms with van der Waals surface area (Å²) in [6.45, 7) is 0. The first kappa shape index (κ1) is 20.0. The summed E-state index contributed by atoms with van der Waals surface area (Å²) < 4.78 is 5.25. The highest BCUT2D eigenvalue weighted by atomic mass is 35.5. The molecule has 1 atom stereocenters. The van der Waals surface area contributed by atoms with Crippen LogP contribution in [0.3, 0.4) is 0 Å². The predicted molar refractivity (Wildman–Crippen MR) is 115 cm³/mol. The van der Waals surface area contributed by atoms with E-state index in [1.807, 2.05) is 0 Å². The number of amides is 1. The topological polar surface area (TPSA) is 87.1 Å². The van der Waals surface area contributed by atoms with Gasteiger partial charge in [-0.2, -0.15) is 0 Å². The number of aromatic hydroxyl groups is 1. The van der Waals surface area contributed by atoms with Gasteiger partial charge in [0.05, 0.1) is 28.6 Å². The molecule has 6 nitrogen and oxygen atoms in total. The van der Waals surface area contributed by atoms with Crippen LogP contribution < -0.4 is 9.64 Å². The summed E-state index contributed by atoms with van der Waals surface area (Å²) >= 11 is 7.31. The van der Waals surface area contributed by atoms with Crippen LogP contribution >= 0.6 is 22.9 Å². The Labute approximate surface area is 181 Å². The molecular weight excluding hydrogens is 426 g/mol. The number of carbonyl (C=O) groups is 2. The molecule has 2 N–H and O–H groups in total. The number of rotatable bonds is 5. The predicted octanol–water partition coefficient (Wildman–Crippen LogP) is 4.90. The summed E-state index contributed by atoms with van der Waals surface area (Å²) in [7, 11) is 1.50. The number of hydrogen-bond acceptors (Lipinski definition) is 6. The number of thiophene rings is 1. The number of phenols is 1. The minimum Gasteiger partial charge on any atom is -0.506 e. The molecule has 0 fully saturated rings. The first-order chi connectivity index (χ1) is 14.4. The van der Waals surface area contributed by atoms with Crippen molar-refractivity contribution in [3.8, 4) is 11.5 Å². The standard InChI is InChI=1S/C22H16ClNO5S/c1-29-14-5-2-4-13(11-14)24-19(12-7-8-16(25)15(23)10-12)18(21(27)22(24)28)20(26)17-6-3-9-30-17/h2-11,19,25,27H,1H3. The average molecular weight is 442 g/mol. The number of halogens is 1. The second-order valence-electron chi connectivity index (χ2n) is 6.56. The molecule has 4 rings (SSSR count). The van der Waals surface area contributed by atoms with Crippen LogP contribution in [-0.2, 0) is 4.79 Å². The number of aliphatic hydroxyl groups is 1. The Morgan fingerprint density at radius 3 is 2.60 bits per heavy atom. The van der Waals surface area contributed by atoms with E-state index < -0.39 is 23.5 Å². The van der Waals surface area contributed by atoms with Crippen LogP contribution in [0.4, 0.5) is 5.69 Å². The Hall–Kier alpha value is -3.29. The molecule has 2 aromatic carbocycles. The minimum absolute atomic E-state index is 0.0490. The molecule has 2 heterocycles. The lowest BCUT2D eigenvalue weighted by Gasteiger charge is -2.27. The quantitative estimate of drug-likeness (QED) is 0.550. The van der Waals surface area contributed by atoms with Crippen molar-refractivity contribution in [3.05, 3.63) is 86.8 Å². The molecule has 0 radical (unpaired) electrons. The fraction of sp³-hybridized carbons (Fsp3) is 0.0909. The summed E-state index contributed by atoms with van der Waals surface area (Å²) in [6, 6.07) is 13.6. The average Bonchev–Trinajstić information content (AvgIpc) is 3.37. The third kappa shape index (κ3) is 3.32. The molecule has 1 aliphatic heterocycles. The van der Waals surface area contributed by atoms with Crippen LogP contribution in [0.1, 0.15) is 21.3 Å². The van der Waals surface area contributed by atoms with Crippen LogP contribution in [0.2, 0.25) is 5.02 Å². The number of phenolic OH excluding ortho intramolecular Hbond substituents is 1. The number of aliphatic hydroxyl groups excluding tert-OH is 1. The Balaban J connectivity index is 1.90. The van der Waals surface area contributed by atoms with Gasteiger partial charge in [-0.25, -0.2) is 0 Å². The zero-order valence-corrected chi connectivity index (χ0v) is 17.3. The normalized spacial score (nSPS) is 16.3. The molecule has 0 spiro atoms. The van der Waals surface area contributed by atoms with E-state index >= 15 is 0 Å². The molecule has 3 aromatic rings. The number of carbonyl (C=O) groups excluding carboxylic acids is 2. The van der Waals surface area contributed by atoms with Gasteiger partial charge < -0.3 is 14.9 Å². The number of ketones is 1. The molecular formula is C22H16ClNO5S. The number of benzene rings is 2. The molecule has 152 valence electrons. The van der Waals surface area contributed by atoms with Crippen molar-refractivity contribution in [1.29, 1.82) is 0 Å². The van der Waals surface area contributed by atoms with Gasteiger partial charge in [0.1, 0.15) is 11.5 Å². The third-order valence-electron chi connectivity index (χ3n) is 4.82. The Morgan fingerprint density at radius 1 is 1.13 bits per heavy atom. The maximum absolute atomic E-state index is 13.2. The molecule has 30 heavy (non-hydrogen) atoms. The van der Waals surface area contributed by atoms with Crippen molar-refractivity contribution in [3.63, 3.8) is 0 Å². The molecule has 8 heteroatoms. The van der Waals surface area contributed by atoms with E-state index in [9.17, 15) is 19.8 Å². The molecule has 1 unspecified atom stereocenters. The van der Waals surface area contributed by atoms with Crippen molar-refractivity contribution < 1.29 is 24.5 Å². The van der Waals surface area contributed by atoms with Crippen LogP contribution in [-0.4, -0.2) is 29.0 Å². The minimum atomic E-state index is -0.933. The Morgan fingerprint density at radius 2 is 1.93 bits per heavy atom. The number of anilines is 1. The lowest BCUT2D eigenvalue weighted by Crippen LogP contribution is -2.31. The fourth-order valence-electron chi connectivity index (χ4n) is 3.41. The van der Waals surface area contributed by atoms with E-state index in [1.54, 1.807) is 47.8 Å². The molecule has 0 saturated carbocycles. The lowest BCUT2D eigenvalue weighted by atomic mass is 9.95. The van der Waals surface area contributed by atoms with Crippen molar-refractivity contribution in [1.82, 2.24) is 0 Å². The first-order valence-electron chi connectivity index (χ1n) is 8.89. The Bertz CT molecular complexity index is 1170. The molecule has 0 saturated heterocycles. The SMILES string of the molecule is COc1cccc(N2C(=O)C(O)=C(C(=O)c3cccs3)C2c2ccc(O)c(Cl)c2)c1. The van der Waals surface area contributed by atoms with Crippen molar-refractivity contribution in [2.24, 2.45) is 0 Å². The summed E-state index contributed by atoms with van der Waals surface area (Å²) in [6.07, 6.45) is 0. The molecule has 0 bridgehead atoms. The molecule has 1 amide bonds. The highest BCUT2D eigenvalue weighted by Gasteiger charge is 2.45. The van der Waals surface area contributed by atoms with Crippen LogP contribution in [0.15, 0.2) is 71.3 Å². The van der Waals surface area contributed by atoms with Gasteiger partial charge >= 0.3 is 0 Å². The summed E-state index contributed by atoms with van der Waals surface area (Å²) in [5.41, 5.74) is 0.860. The highest BCUT2D eigenvalue weighted by molar-refractivity contribution is 7.12. The zero-order valence-electron chi connectivity index (χ0n) is 15.7. The number of methoxy groups -OCH3 is 1. The largest absolute Gasteiger partial charge is 0.506 e. The van der Waals surface area contributed by atoms with E-state index in [1.165, 1.54) is 35.5 Å². The molecule has 1 aromatic heterocycles. The number of ether oxygens (including phenoxy) is 1. The number of hydrogen-bond donors (Lipinski definition) is 2. The second-order valence-corrected chi connectivity index (χ2v) is 7.91. The van der Waals surface area contributed by atoms with E-state index in [4.69, 9.17) is 16.3 Å². The van der Waals surface area contributed by atoms with Crippen molar-refractivity contribution in [2.75, 3.05) is 12.0 Å². The van der Waals surface area contributed by atoms with Gasteiger partial charge in [-0.15, -0.1) is 11.3 Å². The smallest absolute Gasteiger partial charge is 0.294 e. The van der Waals surface area contributed by atoms with Crippen LogP contribution in [0.5, 0.6) is 11.5 Å². The van der Waals surface area contributed by atoms with Gasteiger partial charge in [-0.05, 0) is 41.3 Å². The van der Waals surface area contributed by atoms with Gasteiger partial charge in [-0.1, -0.05) is 29.8 Å². The van der Waals surface area contributed by atoms with E-state index in [-0.39, 0.29) is 16.3 Å². The number of Topliss-reactive ketones (excluding diaryl/α,β-unsaturated/α-hetero) is 1. The van der Waals surface area contributed by atoms with Gasteiger partial charge in [0.2, 0.25) is 5.78 Å². The van der Waals surface area contributed by atoms with Crippen LogP contribution in [0, 0.1) is 0 Å². The molecule has 0 aliphatic carbocycles. The van der Waals surface area contributed by atoms with Crippen molar-refractivity contribution in [2.45, 2.75) is 6.04 Å². The zero-order chi connectivity index (χ0) is 21.4. The maximum atomic E-state index is 13.2. The van der Waals surface area contributed by atoms with E-state index in [0.717, 1.165) is 0 Å². The van der Waals surface area contributed by atoms with Gasteiger partial charge in [0.25, 0.3) is 5.91 Å². The third-order valence-corrected chi connectivity index (χ3v) is 5.99. The number of nitrogens with zero attached hydrogens (tertiary/aromatic N) is 1.